The van der Waals surface area contributed by atoms with Crippen LogP contribution in [0.1, 0.15) is 12.5 Å². The Kier molecular flexibility index (Phi) is 5.45. The van der Waals surface area contributed by atoms with Crippen molar-refractivity contribution < 1.29 is 14.3 Å². The second kappa shape index (κ2) is 8.16. The molecule has 5 nitrogen and oxygen atoms in total. The normalized spacial score (nSPS) is 16.2. The van der Waals surface area contributed by atoms with Gasteiger partial charge in [0.1, 0.15) is 5.25 Å². The van der Waals surface area contributed by atoms with E-state index < -0.39 is 6.10 Å². The van der Waals surface area contributed by atoms with Crippen LogP contribution in [-0.4, -0.2) is 28.2 Å². The number of nitrogens with zero attached hydrogens (tertiary/aromatic N) is 1. The van der Waals surface area contributed by atoms with Crippen molar-refractivity contribution in [3.8, 4) is 11.3 Å². The van der Waals surface area contributed by atoms with Crippen molar-refractivity contribution in [2.24, 2.45) is 0 Å². The Bertz CT molecular complexity index is 979. The minimum Gasteiger partial charge on any atom is -0.452 e. The topological polar surface area (TPSA) is 68.3 Å². The van der Waals surface area contributed by atoms with E-state index in [1.54, 1.807) is 6.92 Å². The molecule has 0 spiro atoms. The highest BCUT2D eigenvalue weighted by Crippen LogP contribution is 2.37. The quantitative estimate of drug-likeness (QED) is 0.632. The number of anilines is 1. The van der Waals surface area contributed by atoms with Gasteiger partial charge in [0.05, 0.1) is 5.69 Å². The molecule has 1 aromatic heterocycles. The fourth-order valence-electron chi connectivity index (χ4n) is 2.90. The van der Waals surface area contributed by atoms with Gasteiger partial charge in [0.2, 0.25) is 0 Å². The summed E-state index contributed by atoms with van der Waals surface area (Å²) in [6.07, 6.45) is -0.262. The predicted molar refractivity (Wildman–Crippen MR) is 112 cm³/mol. The van der Waals surface area contributed by atoms with Crippen molar-refractivity contribution in [2.75, 3.05) is 5.32 Å². The van der Waals surface area contributed by atoms with E-state index in [-0.39, 0.29) is 17.1 Å². The van der Waals surface area contributed by atoms with Crippen LogP contribution in [0.2, 0.25) is 0 Å². The van der Waals surface area contributed by atoms with Crippen molar-refractivity contribution in [3.63, 3.8) is 0 Å². The SMILES string of the molecule is CC(OC(=O)C1Cc2ccccc2S1)C(=O)Nc1nc(-c2ccccc2)cs1. The molecule has 1 aliphatic rings. The maximum absolute atomic E-state index is 12.4. The molecule has 1 aliphatic heterocycles. The number of ether oxygens (including phenoxy) is 1. The van der Waals surface area contributed by atoms with Crippen molar-refractivity contribution >= 4 is 40.1 Å². The summed E-state index contributed by atoms with van der Waals surface area (Å²) in [5.41, 5.74) is 2.92. The molecule has 3 aromatic rings. The number of benzene rings is 2. The van der Waals surface area contributed by atoms with Crippen molar-refractivity contribution in [3.05, 3.63) is 65.5 Å². The zero-order valence-electron chi connectivity index (χ0n) is 15.1. The largest absolute Gasteiger partial charge is 0.452 e. The van der Waals surface area contributed by atoms with Crippen LogP contribution in [0, 0.1) is 0 Å². The molecule has 0 saturated heterocycles. The lowest BCUT2D eigenvalue weighted by molar-refractivity contribution is -0.152. The second-order valence-corrected chi connectivity index (χ2v) is 8.49. The van der Waals surface area contributed by atoms with Crippen molar-refractivity contribution in [2.45, 2.75) is 29.6 Å². The summed E-state index contributed by atoms with van der Waals surface area (Å²) in [4.78, 5) is 30.4. The highest BCUT2D eigenvalue weighted by atomic mass is 32.2. The maximum Gasteiger partial charge on any atom is 0.320 e. The summed E-state index contributed by atoms with van der Waals surface area (Å²) < 4.78 is 5.40. The van der Waals surface area contributed by atoms with Crippen molar-refractivity contribution in [1.29, 1.82) is 0 Å². The number of thioether (sulfide) groups is 1. The van der Waals surface area contributed by atoms with E-state index in [2.05, 4.69) is 10.3 Å². The first-order chi connectivity index (χ1) is 13.6. The Hall–Kier alpha value is -2.64. The zero-order chi connectivity index (χ0) is 19.5. The van der Waals surface area contributed by atoms with Crippen LogP contribution in [0.4, 0.5) is 5.13 Å². The number of hydrogen-bond donors (Lipinski definition) is 1. The third kappa shape index (κ3) is 4.10. The van der Waals surface area contributed by atoms with Crippen LogP contribution in [0.25, 0.3) is 11.3 Å². The van der Waals surface area contributed by atoms with Crippen molar-refractivity contribution in [1.82, 2.24) is 4.98 Å². The fraction of sp³-hybridized carbons (Fsp3) is 0.190. The lowest BCUT2D eigenvalue weighted by atomic mass is 10.1. The number of carbonyl (C=O) groups is 2. The second-order valence-electron chi connectivity index (χ2n) is 6.39. The molecule has 2 unspecified atom stereocenters. The van der Waals surface area contributed by atoms with Gasteiger partial charge in [-0.3, -0.25) is 14.9 Å². The molecule has 2 heterocycles. The van der Waals surface area contributed by atoms with Gasteiger partial charge < -0.3 is 4.74 Å². The number of fused-ring (bicyclic) bond motifs is 1. The summed E-state index contributed by atoms with van der Waals surface area (Å²) in [7, 11) is 0. The van der Waals surface area contributed by atoms with Gasteiger partial charge in [0.25, 0.3) is 5.91 Å². The van der Waals surface area contributed by atoms with Crippen LogP contribution < -0.4 is 5.32 Å². The van der Waals surface area contributed by atoms with Crippen LogP contribution in [0.3, 0.4) is 0 Å². The first kappa shape index (κ1) is 18.7. The standard InChI is InChI=1S/C21H18N2O3S2/c1-13(26-20(25)18-11-15-9-5-6-10-17(15)28-18)19(24)23-21-22-16(12-27-21)14-7-3-2-4-8-14/h2-10,12-13,18H,11H2,1H3,(H,22,23,24). The average Bonchev–Trinajstić information content (AvgIpc) is 3.35. The summed E-state index contributed by atoms with van der Waals surface area (Å²) >= 11 is 2.82. The third-order valence-corrected chi connectivity index (χ3v) is 6.43. The maximum atomic E-state index is 12.4. The average molecular weight is 411 g/mol. The van der Waals surface area contributed by atoms with Gasteiger partial charge in [0.15, 0.2) is 11.2 Å². The van der Waals surface area contributed by atoms with E-state index >= 15 is 0 Å². The first-order valence-electron chi connectivity index (χ1n) is 8.87. The van der Waals surface area contributed by atoms with Gasteiger partial charge in [-0.15, -0.1) is 23.1 Å². The predicted octanol–water partition coefficient (Wildman–Crippen LogP) is 4.40. The van der Waals surface area contributed by atoms with Gasteiger partial charge in [-0.25, -0.2) is 4.98 Å². The fourth-order valence-corrected chi connectivity index (χ4v) is 4.80. The van der Waals surface area contributed by atoms with Crippen LogP contribution in [0.5, 0.6) is 0 Å². The van der Waals surface area contributed by atoms with Gasteiger partial charge in [-0.05, 0) is 25.0 Å². The molecule has 2 aromatic carbocycles. The summed E-state index contributed by atoms with van der Waals surface area (Å²) in [5.74, 6) is -0.754. The highest BCUT2D eigenvalue weighted by molar-refractivity contribution is 8.01. The zero-order valence-corrected chi connectivity index (χ0v) is 16.8. The number of carbonyl (C=O) groups excluding carboxylic acids is 2. The van der Waals surface area contributed by atoms with E-state index in [0.717, 1.165) is 21.7 Å². The van der Waals surface area contributed by atoms with Crippen LogP contribution >= 0.6 is 23.1 Å². The minimum atomic E-state index is -0.888. The lowest BCUT2D eigenvalue weighted by Gasteiger charge is -2.15. The molecule has 0 bridgehead atoms. The molecule has 4 rings (SSSR count). The highest BCUT2D eigenvalue weighted by Gasteiger charge is 2.31. The number of nitrogens with one attached hydrogen (secondary N) is 1. The Morgan fingerprint density at radius 1 is 1.14 bits per heavy atom. The molecule has 2 atom stereocenters. The number of thiazole rings is 1. The monoisotopic (exact) mass is 410 g/mol. The van der Waals surface area contributed by atoms with Gasteiger partial charge in [-0.1, -0.05) is 48.5 Å². The summed E-state index contributed by atoms with van der Waals surface area (Å²) in [5, 5.41) is 4.79. The van der Waals surface area contributed by atoms with E-state index in [4.69, 9.17) is 4.74 Å². The van der Waals surface area contributed by atoms with Crippen LogP contribution in [0.15, 0.2) is 64.9 Å². The van der Waals surface area contributed by atoms with Gasteiger partial charge in [-0.2, -0.15) is 0 Å². The molecular weight excluding hydrogens is 392 g/mol. The van der Waals surface area contributed by atoms with Gasteiger partial charge >= 0.3 is 5.97 Å². The van der Waals surface area contributed by atoms with E-state index in [1.807, 2.05) is 60.0 Å². The third-order valence-electron chi connectivity index (χ3n) is 4.38. The number of hydrogen-bond acceptors (Lipinski definition) is 6. The molecule has 7 heteroatoms. The molecule has 0 fully saturated rings. The Morgan fingerprint density at radius 2 is 1.89 bits per heavy atom. The van der Waals surface area contributed by atoms with E-state index in [0.29, 0.717) is 11.6 Å². The summed E-state index contributed by atoms with van der Waals surface area (Å²) in [6, 6.07) is 17.7. The van der Waals surface area contributed by atoms with Crippen LogP contribution in [-0.2, 0) is 20.7 Å². The molecule has 0 saturated carbocycles. The number of aromatic nitrogens is 1. The van der Waals surface area contributed by atoms with Gasteiger partial charge in [0, 0.05) is 15.8 Å². The molecule has 28 heavy (non-hydrogen) atoms. The molecule has 1 amide bonds. The number of amides is 1. The Morgan fingerprint density at radius 3 is 2.68 bits per heavy atom. The molecule has 1 N–H and O–H groups in total. The lowest BCUT2D eigenvalue weighted by Crippen LogP contribution is -2.33. The smallest absolute Gasteiger partial charge is 0.320 e. The van der Waals surface area contributed by atoms with E-state index in [1.165, 1.54) is 23.1 Å². The molecule has 142 valence electrons. The number of rotatable bonds is 5. The van der Waals surface area contributed by atoms with E-state index in [9.17, 15) is 9.59 Å². The Balaban J connectivity index is 1.33. The summed E-state index contributed by atoms with van der Waals surface area (Å²) in [6.45, 7) is 1.58. The Labute approximate surface area is 171 Å². The molecule has 0 radical (unpaired) electrons. The number of esters is 1. The minimum absolute atomic E-state index is 0.308. The first-order valence-corrected chi connectivity index (χ1v) is 10.6. The molecule has 0 aliphatic carbocycles. The molecular formula is C21H18N2O3S2.